The Hall–Kier alpha value is -0.340. The van der Waals surface area contributed by atoms with E-state index >= 15 is 0 Å². The summed E-state index contributed by atoms with van der Waals surface area (Å²) < 4.78 is 0. The summed E-state index contributed by atoms with van der Waals surface area (Å²) in [5.41, 5.74) is 2.10. The molecule has 5 saturated carbocycles. The molecule has 0 spiro atoms. The highest BCUT2D eigenvalue weighted by molar-refractivity contribution is 5.22. The van der Waals surface area contributed by atoms with Crippen molar-refractivity contribution in [3.63, 3.8) is 0 Å². The number of aliphatic hydroxyl groups excluding tert-OH is 2. The van der Waals surface area contributed by atoms with Crippen LogP contribution in [-0.2, 0) is 0 Å². The molecule has 32 heavy (non-hydrogen) atoms. The van der Waals surface area contributed by atoms with Gasteiger partial charge in [0, 0.05) is 5.41 Å². The zero-order valence-corrected chi connectivity index (χ0v) is 22.0. The molecule has 0 bridgehead atoms. The van der Waals surface area contributed by atoms with E-state index in [1.165, 1.54) is 44.1 Å². The first kappa shape index (κ1) is 23.4. The first-order valence-corrected chi connectivity index (χ1v) is 13.7. The highest BCUT2D eigenvalue weighted by Crippen LogP contribution is 2.77. The monoisotopic (exact) mass is 442 g/mol. The number of fused-ring (bicyclic) bond motifs is 7. The van der Waals surface area contributed by atoms with Crippen molar-refractivity contribution in [3.8, 4) is 0 Å². The van der Waals surface area contributed by atoms with Crippen LogP contribution in [0.5, 0.6) is 0 Å². The zero-order chi connectivity index (χ0) is 23.5. The molecule has 0 aromatic heterocycles. The normalized spacial score (nSPS) is 58.8. The predicted molar refractivity (Wildman–Crippen MR) is 132 cm³/mol. The summed E-state index contributed by atoms with van der Waals surface area (Å²) in [7, 11) is 0. The smallest absolute Gasteiger partial charge is 0.0605 e. The van der Waals surface area contributed by atoms with E-state index in [9.17, 15) is 10.2 Å². The summed E-state index contributed by atoms with van der Waals surface area (Å²) in [5, 5.41) is 22.9. The Bertz CT molecular complexity index is 801. The first-order valence-electron chi connectivity index (χ1n) is 13.7. The van der Waals surface area contributed by atoms with Crippen molar-refractivity contribution in [3.05, 3.63) is 12.2 Å². The maximum absolute atomic E-state index is 12.0. The van der Waals surface area contributed by atoms with Crippen LogP contribution in [0.15, 0.2) is 12.2 Å². The van der Waals surface area contributed by atoms with Crippen LogP contribution in [0.3, 0.4) is 0 Å². The number of hydrogen-bond donors (Lipinski definition) is 2. The number of hydrogen-bond acceptors (Lipinski definition) is 2. The van der Waals surface area contributed by atoms with Crippen molar-refractivity contribution in [1.29, 1.82) is 0 Å². The van der Waals surface area contributed by atoms with Crippen LogP contribution in [-0.4, -0.2) is 22.4 Å². The van der Waals surface area contributed by atoms with Crippen molar-refractivity contribution in [1.82, 2.24) is 0 Å². The number of allylic oxidation sites excluding steroid dienone is 1. The van der Waals surface area contributed by atoms with Gasteiger partial charge in [-0.25, -0.2) is 0 Å². The van der Waals surface area contributed by atoms with Crippen molar-refractivity contribution in [2.24, 2.45) is 56.7 Å². The summed E-state index contributed by atoms with van der Waals surface area (Å²) in [6.07, 6.45) is 10.2. The highest BCUT2D eigenvalue weighted by atomic mass is 16.3. The largest absolute Gasteiger partial charge is 0.393 e. The molecule has 0 heterocycles. The summed E-state index contributed by atoms with van der Waals surface area (Å²) in [6.45, 7) is 21.5. The van der Waals surface area contributed by atoms with Crippen LogP contribution in [0.4, 0.5) is 0 Å². The molecule has 0 saturated heterocycles. The maximum atomic E-state index is 12.0. The third-order valence-electron chi connectivity index (χ3n) is 13.5. The number of rotatable bonds is 1. The lowest BCUT2D eigenvalue weighted by Crippen LogP contribution is -2.70. The second-order valence-corrected chi connectivity index (χ2v) is 14.8. The van der Waals surface area contributed by atoms with Gasteiger partial charge in [-0.15, -0.1) is 0 Å². The Morgan fingerprint density at radius 2 is 1.47 bits per heavy atom. The molecule has 0 amide bonds. The van der Waals surface area contributed by atoms with E-state index < -0.39 is 0 Å². The van der Waals surface area contributed by atoms with Gasteiger partial charge in [0.15, 0.2) is 0 Å². The molecule has 0 aliphatic heterocycles. The van der Waals surface area contributed by atoms with Gasteiger partial charge in [-0.05, 0) is 116 Å². The molecule has 0 unspecified atom stereocenters. The molecule has 5 aliphatic carbocycles. The van der Waals surface area contributed by atoms with E-state index in [-0.39, 0.29) is 33.9 Å². The first-order chi connectivity index (χ1) is 14.7. The zero-order valence-electron chi connectivity index (χ0n) is 22.0. The van der Waals surface area contributed by atoms with Crippen LogP contribution < -0.4 is 0 Å². The topological polar surface area (TPSA) is 40.5 Å². The SMILES string of the molecule is C=C(C)[C@@H]1CC[C@]2(C)CC[C@]3(C)[C@H](CC[C@@H]4[C@@]5(C)CC[C@H](O)C(C)(C)[C@@H]5C[C@H](O)[C@]43C)[C@H]12. The Kier molecular flexibility index (Phi) is 5.02. The molecule has 0 radical (unpaired) electrons. The third-order valence-corrected chi connectivity index (χ3v) is 13.5. The predicted octanol–water partition coefficient (Wildman–Crippen LogP) is 7.00. The molecule has 11 atom stereocenters. The molecule has 5 rings (SSSR count). The molecular weight excluding hydrogens is 392 g/mol. The average Bonchev–Trinajstić information content (AvgIpc) is 3.07. The van der Waals surface area contributed by atoms with E-state index in [0.29, 0.717) is 29.1 Å². The van der Waals surface area contributed by atoms with Gasteiger partial charge in [0.1, 0.15) is 0 Å². The quantitative estimate of drug-likeness (QED) is 0.429. The Morgan fingerprint density at radius 1 is 0.781 bits per heavy atom. The van der Waals surface area contributed by atoms with Gasteiger partial charge in [-0.2, -0.15) is 0 Å². The van der Waals surface area contributed by atoms with Crippen LogP contribution in [0, 0.1) is 56.7 Å². The minimum atomic E-state index is -0.267. The average molecular weight is 443 g/mol. The fraction of sp³-hybridized carbons (Fsp3) is 0.933. The standard InChI is InChI=1S/C30H50O2/c1-18(2)19-11-13-27(5)15-16-29(7)20(25(19)27)9-10-21-28(6)14-12-23(31)26(3,4)22(28)17-24(32)30(21,29)8/h19-25,31-32H,1,9-17H2,2-8H3/t19-,20+,21+,22-,23-,24-,25-,27+,28+,29+,30-/m0/s1. The van der Waals surface area contributed by atoms with E-state index in [4.69, 9.17) is 0 Å². The van der Waals surface area contributed by atoms with Crippen LogP contribution in [0.1, 0.15) is 106 Å². The summed E-state index contributed by atoms with van der Waals surface area (Å²) in [5.74, 6) is 3.04. The van der Waals surface area contributed by atoms with Crippen molar-refractivity contribution >= 4 is 0 Å². The second-order valence-electron chi connectivity index (χ2n) is 14.8. The summed E-state index contributed by atoms with van der Waals surface area (Å²) in [4.78, 5) is 0. The molecule has 2 nitrogen and oxygen atoms in total. The van der Waals surface area contributed by atoms with Gasteiger partial charge < -0.3 is 10.2 Å². The fourth-order valence-electron chi connectivity index (χ4n) is 11.4. The van der Waals surface area contributed by atoms with Gasteiger partial charge >= 0.3 is 0 Å². The molecule has 5 fully saturated rings. The van der Waals surface area contributed by atoms with Crippen molar-refractivity contribution in [2.75, 3.05) is 0 Å². The van der Waals surface area contributed by atoms with Gasteiger partial charge in [0.2, 0.25) is 0 Å². The Labute approximate surface area is 197 Å². The highest BCUT2D eigenvalue weighted by Gasteiger charge is 2.72. The van der Waals surface area contributed by atoms with Crippen molar-refractivity contribution in [2.45, 2.75) is 118 Å². The molecule has 0 aromatic rings. The number of aliphatic hydroxyl groups is 2. The molecule has 2 N–H and O–H groups in total. The minimum Gasteiger partial charge on any atom is -0.393 e. The minimum absolute atomic E-state index is 0.0386. The maximum Gasteiger partial charge on any atom is 0.0605 e. The van der Waals surface area contributed by atoms with Crippen LogP contribution in [0.25, 0.3) is 0 Å². The fourth-order valence-corrected chi connectivity index (χ4v) is 11.4. The summed E-state index contributed by atoms with van der Waals surface area (Å²) >= 11 is 0. The Morgan fingerprint density at radius 3 is 2.12 bits per heavy atom. The molecule has 182 valence electrons. The molecule has 5 aliphatic rings. The van der Waals surface area contributed by atoms with E-state index in [2.05, 4.69) is 55.0 Å². The van der Waals surface area contributed by atoms with E-state index in [1.807, 2.05) is 0 Å². The van der Waals surface area contributed by atoms with Crippen LogP contribution in [0.2, 0.25) is 0 Å². The third kappa shape index (κ3) is 2.61. The summed E-state index contributed by atoms with van der Waals surface area (Å²) in [6, 6.07) is 0. The van der Waals surface area contributed by atoms with Gasteiger partial charge in [-0.1, -0.05) is 53.7 Å². The van der Waals surface area contributed by atoms with Gasteiger partial charge in [0.25, 0.3) is 0 Å². The Balaban J connectivity index is 1.58. The van der Waals surface area contributed by atoms with Crippen molar-refractivity contribution < 1.29 is 10.2 Å². The lowest BCUT2D eigenvalue weighted by molar-refractivity contribution is -0.283. The lowest BCUT2D eigenvalue weighted by atomic mass is 9.31. The van der Waals surface area contributed by atoms with Gasteiger partial charge in [-0.3, -0.25) is 0 Å². The second kappa shape index (κ2) is 6.87. The van der Waals surface area contributed by atoms with E-state index in [1.54, 1.807) is 0 Å². The molecule has 0 aromatic carbocycles. The van der Waals surface area contributed by atoms with E-state index in [0.717, 1.165) is 25.2 Å². The lowest BCUT2D eigenvalue weighted by Gasteiger charge is -2.74. The molecular formula is C30H50O2. The molecule has 2 heteroatoms. The van der Waals surface area contributed by atoms with Crippen LogP contribution >= 0.6 is 0 Å². The van der Waals surface area contributed by atoms with Gasteiger partial charge in [0.05, 0.1) is 12.2 Å².